The summed E-state index contributed by atoms with van der Waals surface area (Å²) in [5.74, 6) is 1.41. The van der Waals surface area contributed by atoms with Crippen molar-refractivity contribution in [3.63, 3.8) is 0 Å². The molecule has 28 heavy (non-hydrogen) atoms. The molecule has 4 aromatic rings. The lowest BCUT2D eigenvalue weighted by Gasteiger charge is -2.25. The van der Waals surface area contributed by atoms with Gasteiger partial charge >= 0.3 is 0 Å². The zero-order valence-electron chi connectivity index (χ0n) is 15.1. The summed E-state index contributed by atoms with van der Waals surface area (Å²) in [6.07, 6.45) is -0.758. The Labute approximate surface area is 160 Å². The standard InChI is InChI=1S/C22H17NO5/c1-25-20-10-14-13-6-2-3-7-16(13)27-19(14)11-15(20)23-22(24)21-12-26-17-8-4-5-9-18(17)28-21/h2-11,21H,12H2,1H3,(H,23,24)/t21-/m0/s1. The number of hydrogen-bond acceptors (Lipinski definition) is 5. The van der Waals surface area contributed by atoms with E-state index in [-0.39, 0.29) is 12.5 Å². The third-order valence-electron chi connectivity index (χ3n) is 4.76. The molecule has 2 heterocycles. The molecule has 0 saturated heterocycles. The summed E-state index contributed by atoms with van der Waals surface area (Å²) in [7, 11) is 1.57. The Morgan fingerprint density at radius 1 is 1.00 bits per heavy atom. The lowest BCUT2D eigenvalue weighted by Crippen LogP contribution is -2.40. The molecule has 0 spiro atoms. The fourth-order valence-electron chi connectivity index (χ4n) is 3.38. The van der Waals surface area contributed by atoms with Crippen LogP contribution in [0.25, 0.3) is 21.9 Å². The van der Waals surface area contributed by atoms with Gasteiger partial charge in [-0.3, -0.25) is 4.79 Å². The van der Waals surface area contributed by atoms with Gasteiger partial charge in [-0.2, -0.15) is 0 Å². The summed E-state index contributed by atoms with van der Waals surface area (Å²) in [6.45, 7) is 0.137. The quantitative estimate of drug-likeness (QED) is 0.576. The molecule has 6 nitrogen and oxygen atoms in total. The van der Waals surface area contributed by atoms with Crippen LogP contribution in [0, 0.1) is 0 Å². The number of carbonyl (C=O) groups excluding carboxylic acids is 1. The maximum Gasteiger partial charge on any atom is 0.269 e. The summed E-state index contributed by atoms with van der Waals surface area (Å²) >= 11 is 0. The Bertz CT molecular complexity index is 1200. The van der Waals surface area contributed by atoms with Crippen LogP contribution in [0.1, 0.15) is 0 Å². The molecule has 0 fully saturated rings. The molecular weight excluding hydrogens is 358 g/mol. The van der Waals surface area contributed by atoms with Gasteiger partial charge in [0.25, 0.3) is 5.91 Å². The molecular formula is C22H17NO5. The van der Waals surface area contributed by atoms with E-state index in [0.29, 0.717) is 28.5 Å². The SMILES string of the molecule is COc1cc2c(cc1NC(=O)[C@@H]1COc3ccccc3O1)oc1ccccc12. The Hall–Kier alpha value is -3.67. The average molecular weight is 375 g/mol. The van der Waals surface area contributed by atoms with Gasteiger partial charge in [-0.15, -0.1) is 0 Å². The summed E-state index contributed by atoms with van der Waals surface area (Å²) in [5, 5.41) is 4.79. The van der Waals surface area contributed by atoms with Crippen molar-refractivity contribution in [2.75, 3.05) is 19.0 Å². The first kappa shape index (κ1) is 16.5. The summed E-state index contributed by atoms with van der Waals surface area (Å²) in [4.78, 5) is 12.8. The predicted octanol–water partition coefficient (Wildman–Crippen LogP) is 4.37. The van der Waals surface area contributed by atoms with Crippen LogP contribution in [-0.2, 0) is 4.79 Å². The van der Waals surface area contributed by atoms with E-state index in [4.69, 9.17) is 18.6 Å². The molecule has 1 N–H and O–H groups in total. The summed E-state index contributed by atoms with van der Waals surface area (Å²) in [6, 6.07) is 18.7. The van der Waals surface area contributed by atoms with Crippen LogP contribution in [0.5, 0.6) is 17.2 Å². The topological polar surface area (TPSA) is 69.9 Å². The van der Waals surface area contributed by atoms with Crippen LogP contribution >= 0.6 is 0 Å². The largest absolute Gasteiger partial charge is 0.495 e. The third kappa shape index (κ3) is 2.70. The predicted molar refractivity (Wildman–Crippen MR) is 105 cm³/mol. The van der Waals surface area contributed by atoms with E-state index < -0.39 is 6.10 Å². The number of furan rings is 1. The number of amides is 1. The van der Waals surface area contributed by atoms with Crippen molar-refractivity contribution in [3.8, 4) is 17.2 Å². The fraction of sp³-hybridized carbons (Fsp3) is 0.136. The Balaban J connectivity index is 1.46. The molecule has 1 aliphatic heterocycles. The molecule has 0 saturated carbocycles. The van der Waals surface area contributed by atoms with Gasteiger partial charge in [0.15, 0.2) is 11.5 Å². The fourth-order valence-corrected chi connectivity index (χ4v) is 3.38. The van der Waals surface area contributed by atoms with E-state index in [1.807, 2.05) is 48.5 Å². The Kier molecular flexibility index (Phi) is 3.83. The highest BCUT2D eigenvalue weighted by molar-refractivity contribution is 6.08. The summed E-state index contributed by atoms with van der Waals surface area (Å²) in [5.41, 5.74) is 1.97. The molecule has 1 atom stereocenters. The number of para-hydroxylation sites is 3. The number of hydrogen-bond donors (Lipinski definition) is 1. The van der Waals surface area contributed by atoms with Crippen molar-refractivity contribution in [2.45, 2.75) is 6.10 Å². The van der Waals surface area contributed by atoms with Crippen LogP contribution in [0.15, 0.2) is 65.1 Å². The van der Waals surface area contributed by atoms with Crippen molar-refractivity contribution in [1.82, 2.24) is 0 Å². The van der Waals surface area contributed by atoms with E-state index in [2.05, 4.69) is 5.32 Å². The molecule has 1 aliphatic rings. The number of benzene rings is 3. The molecule has 6 heteroatoms. The highest BCUT2D eigenvalue weighted by Crippen LogP contribution is 2.37. The average Bonchev–Trinajstić information content (AvgIpc) is 3.10. The van der Waals surface area contributed by atoms with Gasteiger partial charge in [0.2, 0.25) is 6.10 Å². The van der Waals surface area contributed by atoms with Gasteiger partial charge in [0.1, 0.15) is 23.5 Å². The van der Waals surface area contributed by atoms with Gasteiger partial charge in [-0.05, 0) is 24.3 Å². The van der Waals surface area contributed by atoms with Crippen LogP contribution in [-0.4, -0.2) is 25.7 Å². The Morgan fingerprint density at radius 2 is 1.79 bits per heavy atom. The zero-order chi connectivity index (χ0) is 19.1. The first-order valence-corrected chi connectivity index (χ1v) is 8.91. The number of carbonyl (C=O) groups is 1. The lowest BCUT2D eigenvalue weighted by atomic mass is 10.1. The van der Waals surface area contributed by atoms with Crippen LogP contribution in [0.4, 0.5) is 5.69 Å². The van der Waals surface area contributed by atoms with Crippen molar-refractivity contribution in [3.05, 3.63) is 60.7 Å². The van der Waals surface area contributed by atoms with Gasteiger partial charge in [0.05, 0.1) is 12.8 Å². The molecule has 5 rings (SSSR count). The number of rotatable bonds is 3. The van der Waals surface area contributed by atoms with E-state index >= 15 is 0 Å². The third-order valence-corrected chi connectivity index (χ3v) is 4.76. The molecule has 1 amide bonds. The van der Waals surface area contributed by atoms with E-state index in [0.717, 1.165) is 16.4 Å². The highest BCUT2D eigenvalue weighted by atomic mass is 16.6. The molecule has 3 aromatic carbocycles. The number of methoxy groups -OCH3 is 1. The van der Waals surface area contributed by atoms with Crippen molar-refractivity contribution >= 4 is 33.5 Å². The maximum atomic E-state index is 12.8. The molecule has 0 radical (unpaired) electrons. The molecule has 0 bridgehead atoms. The van der Waals surface area contributed by atoms with Gasteiger partial charge in [-0.1, -0.05) is 30.3 Å². The van der Waals surface area contributed by atoms with E-state index in [1.165, 1.54) is 0 Å². The molecule has 140 valence electrons. The maximum absolute atomic E-state index is 12.8. The van der Waals surface area contributed by atoms with E-state index in [9.17, 15) is 4.79 Å². The number of fused-ring (bicyclic) bond motifs is 4. The normalized spacial score (nSPS) is 15.5. The second-order valence-electron chi connectivity index (χ2n) is 6.50. The van der Waals surface area contributed by atoms with Crippen molar-refractivity contribution < 1.29 is 23.4 Å². The number of anilines is 1. The monoisotopic (exact) mass is 375 g/mol. The van der Waals surface area contributed by atoms with Crippen LogP contribution in [0.2, 0.25) is 0 Å². The van der Waals surface area contributed by atoms with Crippen LogP contribution < -0.4 is 19.5 Å². The van der Waals surface area contributed by atoms with Crippen molar-refractivity contribution in [1.29, 1.82) is 0 Å². The minimum absolute atomic E-state index is 0.137. The minimum Gasteiger partial charge on any atom is -0.495 e. The number of ether oxygens (including phenoxy) is 3. The Morgan fingerprint density at radius 3 is 2.64 bits per heavy atom. The molecule has 1 aromatic heterocycles. The first-order chi connectivity index (χ1) is 13.7. The van der Waals surface area contributed by atoms with Gasteiger partial charge < -0.3 is 23.9 Å². The molecule has 0 unspecified atom stereocenters. The smallest absolute Gasteiger partial charge is 0.269 e. The lowest BCUT2D eigenvalue weighted by molar-refractivity contribution is -0.125. The second kappa shape index (κ2) is 6.49. The minimum atomic E-state index is -0.758. The van der Waals surface area contributed by atoms with Gasteiger partial charge in [0, 0.05) is 16.8 Å². The van der Waals surface area contributed by atoms with Crippen LogP contribution in [0.3, 0.4) is 0 Å². The summed E-state index contributed by atoms with van der Waals surface area (Å²) < 4.78 is 22.8. The number of nitrogens with one attached hydrogen (secondary N) is 1. The first-order valence-electron chi connectivity index (χ1n) is 8.91. The van der Waals surface area contributed by atoms with E-state index in [1.54, 1.807) is 19.2 Å². The zero-order valence-corrected chi connectivity index (χ0v) is 15.1. The van der Waals surface area contributed by atoms with Gasteiger partial charge in [-0.25, -0.2) is 0 Å². The second-order valence-corrected chi connectivity index (χ2v) is 6.50. The van der Waals surface area contributed by atoms with Crippen molar-refractivity contribution in [2.24, 2.45) is 0 Å². The highest BCUT2D eigenvalue weighted by Gasteiger charge is 2.28. The molecule has 0 aliphatic carbocycles.